The number of halogens is 2. The second-order valence-electron chi connectivity index (χ2n) is 5.21. The molecule has 1 heterocycles. The Kier molecular flexibility index (Phi) is 5.76. The largest absolute Gasteiger partial charge is 0.366 e. The van der Waals surface area contributed by atoms with Crippen LogP contribution in [0.15, 0.2) is 30.3 Å². The molecule has 1 atom stereocenters. The van der Waals surface area contributed by atoms with E-state index >= 15 is 0 Å². The summed E-state index contributed by atoms with van der Waals surface area (Å²) in [6.07, 6.45) is 0. The summed E-state index contributed by atoms with van der Waals surface area (Å²) in [6.45, 7) is 0.505. The van der Waals surface area contributed by atoms with Gasteiger partial charge in [0, 0.05) is 11.6 Å². The average Bonchev–Trinajstić information content (AvgIpc) is 2.50. The van der Waals surface area contributed by atoms with Crippen LogP contribution in [0.4, 0.5) is 5.82 Å². The highest BCUT2D eigenvalue weighted by molar-refractivity contribution is 6.30. The van der Waals surface area contributed by atoms with Gasteiger partial charge >= 0.3 is 0 Å². The summed E-state index contributed by atoms with van der Waals surface area (Å²) in [7, 11) is 3.92. The monoisotopic (exact) mass is 353 g/mol. The molecule has 0 saturated heterocycles. The van der Waals surface area contributed by atoms with E-state index in [0.717, 1.165) is 5.56 Å². The van der Waals surface area contributed by atoms with E-state index in [4.69, 9.17) is 28.9 Å². The van der Waals surface area contributed by atoms with Crippen molar-refractivity contribution in [2.45, 2.75) is 6.04 Å². The van der Waals surface area contributed by atoms with Gasteiger partial charge in [-0.1, -0.05) is 35.3 Å². The molecule has 23 heavy (non-hydrogen) atoms. The van der Waals surface area contributed by atoms with Crippen molar-refractivity contribution in [1.29, 1.82) is 0 Å². The maximum absolute atomic E-state index is 11.5. The fourth-order valence-corrected chi connectivity index (χ4v) is 2.44. The summed E-state index contributed by atoms with van der Waals surface area (Å²) >= 11 is 11.7. The van der Waals surface area contributed by atoms with Crippen molar-refractivity contribution >= 4 is 34.9 Å². The van der Waals surface area contributed by atoms with Crippen LogP contribution in [-0.2, 0) is 0 Å². The van der Waals surface area contributed by atoms with Gasteiger partial charge in [0.2, 0.25) is 0 Å². The van der Waals surface area contributed by atoms with Crippen molar-refractivity contribution in [3.05, 3.63) is 51.6 Å². The van der Waals surface area contributed by atoms with Crippen molar-refractivity contribution in [3.63, 3.8) is 0 Å². The van der Waals surface area contributed by atoms with Gasteiger partial charge in [0.05, 0.1) is 11.6 Å². The number of amides is 1. The lowest BCUT2D eigenvalue weighted by Crippen LogP contribution is -2.28. The third kappa shape index (κ3) is 4.54. The first-order valence-corrected chi connectivity index (χ1v) is 7.63. The third-order valence-corrected chi connectivity index (χ3v) is 3.81. The van der Waals surface area contributed by atoms with Gasteiger partial charge in [-0.2, -0.15) is 0 Å². The summed E-state index contributed by atoms with van der Waals surface area (Å²) in [6, 6.07) is 9.03. The molecule has 1 unspecified atom stereocenters. The Morgan fingerprint density at radius 3 is 2.48 bits per heavy atom. The van der Waals surface area contributed by atoms with E-state index in [2.05, 4.69) is 15.5 Å². The zero-order chi connectivity index (χ0) is 17.0. The van der Waals surface area contributed by atoms with Crippen LogP contribution < -0.4 is 11.1 Å². The van der Waals surface area contributed by atoms with Crippen LogP contribution in [0.25, 0.3) is 0 Å². The zero-order valence-electron chi connectivity index (χ0n) is 12.8. The Labute approximate surface area is 144 Å². The number of aromatic nitrogens is 2. The van der Waals surface area contributed by atoms with Gasteiger partial charge in [-0.15, -0.1) is 10.2 Å². The number of anilines is 1. The number of likely N-dealkylation sites (N-methyl/N-ethyl adjacent to an activating group) is 1. The molecule has 0 fully saturated rings. The lowest BCUT2D eigenvalue weighted by molar-refractivity contribution is 0.100. The summed E-state index contributed by atoms with van der Waals surface area (Å²) in [4.78, 5) is 13.5. The van der Waals surface area contributed by atoms with E-state index in [0.29, 0.717) is 17.4 Å². The highest BCUT2D eigenvalue weighted by Crippen LogP contribution is 2.22. The number of benzene rings is 1. The Bertz CT molecular complexity index is 691. The quantitative estimate of drug-likeness (QED) is 0.833. The molecule has 1 aromatic carbocycles. The molecular formula is C15H17Cl2N5O. The maximum atomic E-state index is 11.5. The fourth-order valence-electron chi connectivity index (χ4n) is 2.16. The zero-order valence-corrected chi connectivity index (χ0v) is 14.3. The molecule has 2 aromatic rings. The first kappa shape index (κ1) is 17.5. The van der Waals surface area contributed by atoms with E-state index < -0.39 is 5.91 Å². The van der Waals surface area contributed by atoms with Crippen LogP contribution in [0.1, 0.15) is 22.0 Å². The van der Waals surface area contributed by atoms with Crippen LogP contribution in [0.3, 0.4) is 0 Å². The molecule has 0 saturated carbocycles. The molecule has 6 nitrogen and oxygen atoms in total. The van der Waals surface area contributed by atoms with Gasteiger partial charge in [-0.25, -0.2) is 0 Å². The first-order valence-electron chi connectivity index (χ1n) is 6.87. The number of rotatable bonds is 6. The second kappa shape index (κ2) is 7.59. The highest BCUT2D eigenvalue weighted by atomic mass is 35.5. The summed E-state index contributed by atoms with van der Waals surface area (Å²) < 4.78 is 0. The first-order chi connectivity index (χ1) is 10.9. The molecule has 0 bridgehead atoms. The predicted molar refractivity (Wildman–Crippen MR) is 91.9 cm³/mol. The van der Waals surface area contributed by atoms with E-state index in [-0.39, 0.29) is 16.8 Å². The molecule has 1 aromatic heterocycles. The summed E-state index contributed by atoms with van der Waals surface area (Å²) in [5.74, 6) is -0.306. The van der Waals surface area contributed by atoms with Crippen molar-refractivity contribution in [1.82, 2.24) is 15.1 Å². The van der Waals surface area contributed by atoms with E-state index in [1.165, 1.54) is 6.07 Å². The van der Waals surface area contributed by atoms with Crippen LogP contribution in [0.2, 0.25) is 10.2 Å². The van der Waals surface area contributed by atoms with Gasteiger partial charge < -0.3 is 16.0 Å². The van der Waals surface area contributed by atoms with E-state index in [9.17, 15) is 4.79 Å². The number of carbonyl (C=O) groups is 1. The maximum Gasteiger partial charge on any atom is 0.252 e. The van der Waals surface area contributed by atoms with Crippen LogP contribution in [-0.4, -0.2) is 41.6 Å². The lowest BCUT2D eigenvalue weighted by atomic mass is 10.1. The number of hydrogen-bond acceptors (Lipinski definition) is 5. The Balaban J connectivity index is 2.20. The second-order valence-corrected chi connectivity index (χ2v) is 6.03. The molecule has 0 spiro atoms. The van der Waals surface area contributed by atoms with Gasteiger partial charge in [0.25, 0.3) is 5.91 Å². The number of hydrogen-bond donors (Lipinski definition) is 2. The van der Waals surface area contributed by atoms with Crippen LogP contribution in [0.5, 0.6) is 0 Å². The molecule has 1 amide bonds. The smallest absolute Gasteiger partial charge is 0.252 e. The minimum atomic E-state index is -0.614. The van der Waals surface area contributed by atoms with Crippen LogP contribution >= 0.6 is 23.2 Å². The number of nitrogens with one attached hydrogen (secondary N) is 1. The topological polar surface area (TPSA) is 84.1 Å². The molecule has 122 valence electrons. The van der Waals surface area contributed by atoms with Crippen molar-refractivity contribution in [2.24, 2.45) is 5.73 Å². The van der Waals surface area contributed by atoms with Gasteiger partial charge in [0.1, 0.15) is 0 Å². The normalized spacial score (nSPS) is 12.2. The number of nitrogens with two attached hydrogens (primary N) is 1. The van der Waals surface area contributed by atoms with Crippen molar-refractivity contribution in [3.8, 4) is 0 Å². The summed E-state index contributed by atoms with van der Waals surface area (Å²) in [5.41, 5.74) is 6.63. The fraction of sp³-hybridized carbons (Fsp3) is 0.267. The van der Waals surface area contributed by atoms with Gasteiger partial charge in [-0.05, 0) is 37.9 Å². The average molecular weight is 354 g/mol. The number of carbonyl (C=O) groups excluding carboxylic acids is 1. The standard InChI is InChI=1S/C15H17Cl2N5O/c1-22(2)12(9-3-5-10(16)6-4-9)8-19-15-11(14(18)23)7-13(17)20-21-15/h3-7,12H,8H2,1-2H3,(H2,18,23)(H,19,21). The molecule has 8 heteroatoms. The van der Waals surface area contributed by atoms with E-state index in [1.807, 2.05) is 43.3 Å². The molecule has 2 rings (SSSR count). The Morgan fingerprint density at radius 1 is 1.26 bits per heavy atom. The highest BCUT2D eigenvalue weighted by Gasteiger charge is 2.17. The molecule has 0 aliphatic heterocycles. The molecule has 0 aliphatic rings. The number of nitrogens with zero attached hydrogens (tertiary/aromatic N) is 3. The third-order valence-electron chi connectivity index (χ3n) is 3.37. The molecule has 3 N–H and O–H groups in total. The number of primary amides is 1. The van der Waals surface area contributed by atoms with Gasteiger partial charge in [-0.3, -0.25) is 4.79 Å². The SMILES string of the molecule is CN(C)C(CNc1nnc(Cl)cc1C(N)=O)c1ccc(Cl)cc1. The van der Waals surface area contributed by atoms with Crippen molar-refractivity contribution in [2.75, 3.05) is 26.0 Å². The Morgan fingerprint density at radius 2 is 1.91 bits per heavy atom. The molecule has 0 radical (unpaired) electrons. The predicted octanol–water partition coefficient (Wildman–Crippen LogP) is 2.60. The van der Waals surface area contributed by atoms with Gasteiger partial charge in [0.15, 0.2) is 11.0 Å². The van der Waals surface area contributed by atoms with Crippen LogP contribution in [0, 0.1) is 0 Å². The van der Waals surface area contributed by atoms with E-state index in [1.54, 1.807) is 0 Å². The summed E-state index contributed by atoms with van der Waals surface area (Å²) in [5, 5.41) is 11.6. The molecule has 0 aliphatic carbocycles. The molecular weight excluding hydrogens is 337 g/mol. The Hall–Kier alpha value is -1.89. The van der Waals surface area contributed by atoms with Crippen molar-refractivity contribution < 1.29 is 4.79 Å². The minimum absolute atomic E-state index is 0.0467. The minimum Gasteiger partial charge on any atom is -0.366 e. The lowest BCUT2D eigenvalue weighted by Gasteiger charge is -2.25.